The van der Waals surface area contributed by atoms with Gasteiger partial charge in [0.05, 0.1) is 5.69 Å². The van der Waals surface area contributed by atoms with Crippen LogP contribution < -0.4 is 5.32 Å². The van der Waals surface area contributed by atoms with E-state index in [4.69, 9.17) is 11.6 Å². The highest BCUT2D eigenvalue weighted by Crippen LogP contribution is 2.20. The van der Waals surface area contributed by atoms with Crippen LogP contribution in [0.4, 0.5) is 5.69 Å². The molecular weight excluding hydrogens is 390 g/mol. The molecule has 2 aromatic carbocycles. The van der Waals surface area contributed by atoms with Crippen LogP contribution in [-0.4, -0.2) is 31.5 Å². The largest absolute Gasteiger partial charge is 0.326 e. The van der Waals surface area contributed by atoms with E-state index >= 15 is 0 Å². The van der Waals surface area contributed by atoms with Crippen molar-refractivity contribution in [1.29, 1.82) is 0 Å². The van der Waals surface area contributed by atoms with E-state index in [1.165, 1.54) is 0 Å². The number of hydrogen-bond donors (Lipinski definition) is 1. The Morgan fingerprint density at radius 2 is 1.69 bits per heavy atom. The number of rotatable bonds is 6. The third-order valence-electron chi connectivity index (χ3n) is 4.37. The van der Waals surface area contributed by atoms with Crippen LogP contribution in [-0.2, 0) is 4.79 Å². The predicted molar refractivity (Wildman–Crippen MR) is 110 cm³/mol. The zero-order chi connectivity index (χ0) is 20.2. The van der Waals surface area contributed by atoms with Gasteiger partial charge in [0, 0.05) is 34.7 Å². The van der Waals surface area contributed by atoms with Crippen LogP contribution in [0.2, 0.25) is 5.02 Å². The molecule has 29 heavy (non-hydrogen) atoms. The number of benzene rings is 2. The first-order valence-electron chi connectivity index (χ1n) is 8.94. The average molecular weight is 406 g/mol. The van der Waals surface area contributed by atoms with Gasteiger partial charge in [0.25, 0.3) is 0 Å². The van der Waals surface area contributed by atoms with Gasteiger partial charge in [-0.15, -0.1) is 10.2 Å². The second-order valence-electron chi connectivity index (χ2n) is 6.41. The summed E-state index contributed by atoms with van der Waals surface area (Å²) >= 11 is 5.82. The van der Waals surface area contributed by atoms with Crippen molar-refractivity contribution in [3.05, 3.63) is 77.6 Å². The fourth-order valence-electron chi connectivity index (χ4n) is 2.84. The smallest absolute Gasteiger partial charge is 0.224 e. The van der Waals surface area contributed by atoms with Gasteiger partial charge in [0.15, 0.2) is 11.4 Å². The second-order valence-corrected chi connectivity index (χ2v) is 6.84. The summed E-state index contributed by atoms with van der Waals surface area (Å²) in [6.07, 6.45) is 1.78. The molecule has 0 saturated heterocycles. The molecule has 2 aromatic heterocycles. The lowest BCUT2D eigenvalue weighted by molar-refractivity contribution is -0.116. The van der Waals surface area contributed by atoms with E-state index in [-0.39, 0.29) is 24.5 Å². The number of amides is 1. The van der Waals surface area contributed by atoms with Crippen molar-refractivity contribution in [1.82, 2.24) is 19.8 Å². The number of Topliss-reactive ketones (excluding diaryl/α,β-unsaturated/α-hetero) is 1. The van der Waals surface area contributed by atoms with E-state index in [0.717, 1.165) is 11.3 Å². The van der Waals surface area contributed by atoms with Crippen molar-refractivity contribution in [3.8, 4) is 11.3 Å². The third kappa shape index (κ3) is 4.47. The molecule has 1 amide bonds. The summed E-state index contributed by atoms with van der Waals surface area (Å²) in [5.41, 5.74) is 3.54. The molecule has 0 aliphatic carbocycles. The van der Waals surface area contributed by atoms with Gasteiger partial charge in [0.1, 0.15) is 6.33 Å². The Hall–Kier alpha value is -3.58. The molecule has 0 aliphatic rings. The highest BCUT2D eigenvalue weighted by molar-refractivity contribution is 6.30. The van der Waals surface area contributed by atoms with E-state index in [2.05, 4.69) is 20.6 Å². The van der Waals surface area contributed by atoms with E-state index in [1.54, 1.807) is 47.2 Å². The van der Waals surface area contributed by atoms with Gasteiger partial charge in [-0.05, 0) is 48.5 Å². The van der Waals surface area contributed by atoms with Crippen molar-refractivity contribution in [2.45, 2.75) is 12.8 Å². The first-order chi connectivity index (χ1) is 14.1. The molecule has 0 saturated carbocycles. The maximum Gasteiger partial charge on any atom is 0.224 e. The van der Waals surface area contributed by atoms with Gasteiger partial charge in [0.2, 0.25) is 5.91 Å². The molecule has 2 heterocycles. The van der Waals surface area contributed by atoms with Gasteiger partial charge >= 0.3 is 0 Å². The summed E-state index contributed by atoms with van der Waals surface area (Å²) in [6, 6.07) is 17.7. The van der Waals surface area contributed by atoms with Crippen LogP contribution in [0, 0.1) is 0 Å². The van der Waals surface area contributed by atoms with E-state index in [0.29, 0.717) is 21.9 Å². The number of nitrogens with one attached hydrogen (secondary N) is 1. The summed E-state index contributed by atoms with van der Waals surface area (Å²) in [5, 5.41) is 15.5. The minimum atomic E-state index is -0.218. The maximum atomic E-state index is 12.2. The van der Waals surface area contributed by atoms with Crippen molar-refractivity contribution in [2.75, 3.05) is 5.32 Å². The zero-order valence-electron chi connectivity index (χ0n) is 15.2. The summed E-state index contributed by atoms with van der Waals surface area (Å²) in [6.45, 7) is 0. The molecular formula is C21H16ClN5O2. The van der Waals surface area contributed by atoms with Crippen LogP contribution >= 0.6 is 11.6 Å². The minimum Gasteiger partial charge on any atom is -0.326 e. The van der Waals surface area contributed by atoms with Gasteiger partial charge in [-0.2, -0.15) is 9.61 Å². The zero-order valence-corrected chi connectivity index (χ0v) is 16.0. The molecule has 8 heteroatoms. The monoisotopic (exact) mass is 405 g/mol. The van der Waals surface area contributed by atoms with Crippen LogP contribution in [0.1, 0.15) is 23.2 Å². The normalized spacial score (nSPS) is 10.8. The van der Waals surface area contributed by atoms with Gasteiger partial charge in [-0.1, -0.05) is 23.7 Å². The Kier molecular flexibility index (Phi) is 5.31. The van der Waals surface area contributed by atoms with E-state index < -0.39 is 0 Å². The summed E-state index contributed by atoms with van der Waals surface area (Å²) in [5.74, 6) is -0.313. The number of ketones is 1. The standard InChI is InChI=1S/C21H16ClN5O2/c22-16-5-1-15(2-6-16)19(28)10-12-21(29)24-17-7-3-14(4-8-17)18-9-11-20-25-23-13-27(20)26-18/h1-9,11,13H,10,12H2,(H,24,29). The van der Waals surface area contributed by atoms with Crippen molar-refractivity contribution < 1.29 is 9.59 Å². The van der Waals surface area contributed by atoms with Crippen LogP contribution in [0.3, 0.4) is 0 Å². The summed E-state index contributed by atoms with van der Waals surface area (Å²) < 4.78 is 1.60. The number of carbonyl (C=O) groups is 2. The first-order valence-corrected chi connectivity index (χ1v) is 9.32. The lowest BCUT2D eigenvalue weighted by atomic mass is 10.1. The Bertz CT molecular complexity index is 1170. The molecule has 4 rings (SSSR count). The second kappa shape index (κ2) is 8.20. The first kappa shape index (κ1) is 18.8. The minimum absolute atomic E-state index is 0.0948. The van der Waals surface area contributed by atoms with Crippen molar-refractivity contribution in [2.24, 2.45) is 0 Å². The Balaban J connectivity index is 1.35. The van der Waals surface area contributed by atoms with Crippen molar-refractivity contribution in [3.63, 3.8) is 0 Å². The predicted octanol–water partition coefficient (Wildman–Crippen LogP) is 4.05. The van der Waals surface area contributed by atoms with Crippen LogP contribution in [0.5, 0.6) is 0 Å². The number of carbonyl (C=O) groups excluding carboxylic acids is 2. The third-order valence-corrected chi connectivity index (χ3v) is 4.62. The number of anilines is 1. The molecule has 0 fully saturated rings. The molecule has 7 nitrogen and oxygen atoms in total. The lowest BCUT2D eigenvalue weighted by Crippen LogP contribution is -2.13. The number of hydrogen-bond acceptors (Lipinski definition) is 5. The molecule has 0 atom stereocenters. The van der Waals surface area contributed by atoms with Gasteiger partial charge < -0.3 is 5.32 Å². The quantitative estimate of drug-likeness (QED) is 0.489. The molecule has 0 aliphatic heterocycles. The number of fused-ring (bicyclic) bond motifs is 1. The fraction of sp³-hybridized carbons (Fsp3) is 0.0952. The lowest BCUT2D eigenvalue weighted by Gasteiger charge is -2.07. The molecule has 1 N–H and O–H groups in total. The maximum absolute atomic E-state index is 12.2. The van der Waals surface area contributed by atoms with Crippen LogP contribution in [0.15, 0.2) is 67.0 Å². The Morgan fingerprint density at radius 1 is 0.931 bits per heavy atom. The number of aromatic nitrogens is 4. The molecule has 4 aromatic rings. The highest BCUT2D eigenvalue weighted by Gasteiger charge is 2.10. The van der Waals surface area contributed by atoms with Crippen LogP contribution in [0.25, 0.3) is 16.9 Å². The van der Waals surface area contributed by atoms with E-state index in [1.807, 2.05) is 24.3 Å². The summed E-state index contributed by atoms with van der Waals surface area (Å²) in [4.78, 5) is 24.3. The molecule has 0 radical (unpaired) electrons. The van der Waals surface area contributed by atoms with Gasteiger partial charge in [-0.25, -0.2) is 0 Å². The Labute approximate surface area is 171 Å². The SMILES string of the molecule is O=C(CCC(=O)c1ccc(Cl)cc1)Nc1ccc(-c2ccc3nncn3n2)cc1. The fourth-order valence-corrected chi connectivity index (χ4v) is 2.96. The van der Waals surface area contributed by atoms with Crippen molar-refractivity contribution >= 4 is 34.6 Å². The van der Waals surface area contributed by atoms with E-state index in [9.17, 15) is 9.59 Å². The highest BCUT2D eigenvalue weighted by atomic mass is 35.5. The summed E-state index contributed by atoms with van der Waals surface area (Å²) in [7, 11) is 0. The topological polar surface area (TPSA) is 89.2 Å². The molecule has 0 unspecified atom stereocenters. The molecule has 144 valence electrons. The molecule has 0 spiro atoms. The average Bonchev–Trinajstić information content (AvgIpc) is 3.21. The number of nitrogens with zero attached hydrogens (tertiary/aromatic N) is 4. The number of halogens is 1. The molecule has 0 bridgehead atoms. The Morgan fingerprint density at radius 3 is 2.45 bits per heavy atom. The van der Waals surface area contributed by atoms with Gasteiger partial charge in [-0.3, -0.25) is 9.59 Å².